The molecule has 5 nitrogen and oxygen atoms in total. The zero-order chi connectivity index (χ0) is 17.9. The quantitative estimate of drug-likeness (QED) is 0.862. The summed E-state index contributed by atoms with van der Waals surface area (Å²) in [6.45, 7) is 5.96. The number of rotatable bonds is 5. The van der Waals surface area contributed by atoms with Gasteiger partial charge in [0.1, 0.15) is 0 Å². The molecule has 1 saturated heterocycles. The Hall–Kier alpha value is -1.59. The Morgan fingerprint density at radius 1 is 1.36 bits per heavy atom. The Bertz CT molecular complexity index is 576. The van der Waals surface area contributed by atoms with E-state index in [0.29, 0.717) is 19.7 Å². The average molecular weight is 346 g/mol. The molecule has 0 radical (unpaired) electrons. The van der Waals surface area contributed by atoms with Crippen LogP contribution < -0.4 is 5.32 Å². The SMILES string of the molecule is CC(C)(CO)C(CNC(=O)N1CCO[C@H]2CCC[C@H]21)c1ccccc1. The van der Waals surface area contributed by atoms with Gasteiger partial charge in [0.05, 0.1) is 18.8 Å². The topological polar surface area (TPSA) is 61.8 Å². The molecular weight excluding hydrogens is 316 g/mol. The molecule has 1 aromatic carbocycles. The lowest BCUT2D eigenvalue weighted by Crippen LogP contribution is -2.55. The van der Waals surface area contributed by atoms with E-state index in [1.807, 2.05) is 36.9 Å². The van der Waals surface area contributed by atoms with Crippen LogP contribution in [0, 0.1) is 5.41 Å². The summed E-state index contributed by atoms with van der Waals surface area (Å²) in [6.07, 6.45) is 3.42. The molecule has 2 N–H and O–H groups in total. The maximum Gasteiger partial charge on any atom is 0.317 e. The minimum Gasteiger partial charge on any atom is -0.396 e. The van der Waals surface area contributed by atoms with Crippen molar-refractivity contribution >= 4 is 6.03 Å². The van der Waals surface area contributed by atoms with Gasteiger partial charge in [0.25, 0.3) is 0 Å². The number of hydrogen-bond donors (Lipinski definition) is 2. The average Bonchev–Trinajstić information content (AvgIpc) is 3.11. The third kappa shape index (κ3) is 3.98. The number of fused-ring (bicyclic) bond motifs is 1. The molecule has 2 fully saturated rings. The number of ether oxygens (including phenoxy) is 1. The number of aliphatic hydroxyl groups is 1. The number of carbonyl (C=O) groups excluding carboxylic acids is 1. The molecule has 1 aromatic rings. The predicted octanol–water partition coefficient (Wildman–Crippen LogP) is 2.75. The monoisotopic (exact) mass is 346 g/mol. The summed E-state index contributed by atoms with van der Waals surface area (Å²) >= 11 is 0. The number of hydrogen-bond acceptors (Lipinski definition) is 3. The summed E-state index contributed by atoms with van der Waals surface area (Å²) in [5.41, 5.74) is 0.831. The molecule has 1 aliphatic heterocycles. The van der Waals surface area contributed by atoms with Crippen molar-refractivity contribution in [2.75, 3.05) is 26.3 Å². The summed E-state index contributed by atoms with van der Waals surface area (Å²) in [4.78, 5) is 14.7. The van der Waals surface area contributed by atoms with Crippen molar-refractivity contribution < 1.29 is 14.6 Å². The van der Waals surface area contributed by atoms with Crippen molar-refractivity contribution in [3.63, 3.8) is 0 Å². The van der Waals surface area contributed by atoms with Crippen LogP contribution >= 0.6 is 0 Å². The highest BCUT2D eigenvalue weighted by atomic mass is 16.5. The highest BCUT2D eigenvalue weighted by Crippen LogP contribution is 2.35. The molecule has 5 heteroatoms. The first kappa shape index (κ1) is 18.2. The van der Waals surface area contributed by atoms with Gasteiger partial charge in [-0.1, -0.05) is 44.2 Å². The van der Waals surface area contributed by atoms with Crippen LogP contribution in [0.1, 0.15) is 44.6 Å². The predicted molar refractivity (Wildman–Crippen MR) is 97.5 cm³/mol. The van der Waals surface area contributed by atoms with E-state index in [9.17, 15) is 9.90 Å². The van der Waals surface area contributed by atoms with Crippen LogP contribution in [0.2, 0.25) is 0 Å². The highest BCUT2D eigenvalue weighted by Gasteiger charge is 2.39. The largest absolute Gasteiger partial charge is 0.396 e. The maximum atomic E-state index is 12.8. The van der Waals surface area contributed by atoms with Crippen LogP contribution in [0.3, 0.4) is 0 Å². The minimum absolute atomic E-state index is 0.00475. The van der Waals surface area contributed by atoms with Crippen LogP contribution in [0.5, 0.6) is 0 Å². The zero-order valence-corrected chi connectivity index (χ0v) is 15.3. The Kier molecular flexibility index (Phi) is 5.64. The van der Waals surface area contributed by atoms with Crippen molar-refractivity contribution in [1.29, 1.82) is 0 Å². The molecule has 1 heterocycles. The molecule has 3 atom stereocenters. The van der Waals surface area contributed by atoms with Gasteiger partial charge in [-0.2, -0.15) is 0 Å². The maximum absolute atomic E-state index is 12.8. The lowest BCUT2D eigenvalue weighted by atomic mass is 9.75. The van der Waals surface area contributed by atoms with Gasteiger partial charge in [0.15, 0.2) is 0 Å². The van der Waals surface area contributed by atoms with E-state index in [1.54, 1.807) is 0 Å². The van der Waals surface area contributed by atoms with E-state index < -0.39 is 0 Å². The number of benzene rings is 1. The fraction of sp³-hybridized carbons (Fsp3) is 0.650. The zero-order valence-electron chi connectivity index (χ0n) is 15.3. The first-order chi connectivity index (χ1) is 12.0. The lowest BCUT2D eigenvalue weighted by molar-refractivity contribution is -0.0384. The van der Waals surface area contributed by atoms with Crippen LogP contribution in [0.4, 0.5) is 4.79 Å². The molecular formula is C20H30N2O3. The van der Waals surface area contributed by atoms with Crippen LogP contribution in [0.25, 0.3) is 0 Å². The third-order valence-electron chi connectivity index (χ3n) is 5.75. The molecule has 1 aliphatic carbocycles. The second kappa shape index (κ2) is 7.75. The number of urea groups is 1. The molecule has 0 spiro atoms. The van der Waals surface area contributed by atoms with Crippen molar-refractivity contribution in [2.24, 2.45) is 5.41 Å². The van der Waals surface area contributed by atoms with Gasteiger partial charge >= 0.3 is 6.03 Å². The molecule has 0 bridgehead atoms. The van der Waals surface area contributed by atoms with E-state index in [1.165, 1.54) is 0 Å². The second-order valence-electron chi connectivity index (χ2n) is 7.90. The normalized spacial score (nSPS) is 24.7. The third-order valence-corrected chi connectivity index (χ3v) is 5.75. The Labute approximate surface area is 150 Å². The standard InChI is InChI=1S/C20H30N2O3/c1-20(2,14-23)16(15-7-4-3-5-8-15)13-21-19(24)22-11-12-25-18-10-6-9-17(18)22/h3-5,7-8,16-18,23H,6,9-14H2,1-2H3,(H,21,24)/t16?,17-,18+/m1/s1. The van der Waals surface area contributed by atoms with Gasteiger partial charge < -0.3 is 20.1 Å². The summed E-state index contributed by atoms with van der Waals surface area (Å²) in [6, 6.07) is 10.3. The van der Waals surface area contributed by atoms with Gasteiger partial charge in [0, 0.05) is 25.6 Å². The smallest absolute Gasteiger partial charge is 0.317 e. The first-order valence-electron chi connectivity index (χ1n) is 9.35. The fourth-order valence-corrected chi connectivity index (χ4v) is 4.11. The van der Waals surface area contributed by atoms with E-state index in [-0.39, 0.29) is 36.1 Å². The van der Waals surface area contributed by atoms with E-state index in [0.717, 1.165) is 24.8 Å². The number of nitrogens with zero attached hydrogens (tertiary/aromatic N) is 1. The molecule has 1 saturated carbocycles. The van der Waals surface area contributed by atoms with Gasteiger partial charge in [-0.15, -0.1) is 0 Å². The van der Waals surface area contributed by atoms with Crippen molar-refractivity contribution in [2.45, 2.75) is 51.2 Å². The van der Waals surface area contributed by atoms with Gasteiger partial charge in [0.2, 0.25) is 0 Å². The second-order valence-corrected chi connectivity index (χ2v) is 7.90. The minimum atomic E-state index is -0.310. The molecule has 138 valence electrons. The van der Waals surface area contributed by atoms with Crippen molar-refractivity contribution in [1.82, 2.24) is 10.2 Å². The molecule has 2 amide bonds. The van der Waals surface area contributed by atoms with Gasteiger partial charge in [-0.05, 0) is 30.2 Å². The number of carbonyl (C=O) groups is 1. The summed E-state index contributed by atoms with van der Waals surface area (Å²) in [5, 5.41) is 12.9. The van der Waals surface area contributed by atoms with Gasteiger partial charge in [-0.25, -0.2) is 4.79 Å². The van der Waals surface area contributed by atoms with E-state index in [2.05, 4.69) is 17.4 Å². The van der Waals surface area contributed by atoms with Crippen LogP contribution in [0.15, 0.2) is 30.3 Å². The highest BCUT2D eigenvalue weighted by molar-refractivity contribution is 5.75. The van der Waals surface area contributed by atoms with E-state index in [4.69, 9.17) is 4.74 Å². The number of nitrogens with one attached hydrogen (secondary N) is 1. The summed E-state index contributed by atoms with van der Waals surface area (Å²) < 4.78 is 5.79. The number of amides is 2. The molecule has 3 rings (SSSR count). The first-order valence-corrected chi connectivity index (χ1v) is 9.35. The number of morpholine rings is 1. The molecule has 25 heavy (non-hydrogen) atoms. The molecule has 1 unspecified atom stereocenters. The number of aliphatic hydroxyl groups excluding tert-OH is 1. The fourth-order valence-electron chi connectivity index (χ4n) is 4.11. The van der Waals surface area contributed by atoms with Crippen LogP contribution in [-0.2, 0) is 4.74 Å². The Balaban J connectivity index is 1.67. The summed E-state index contributed by atoms with van der Waals surface area (Å²) in [5.74, 6) is 0.0584. The Morgan fingerprint density at radius 3 is 2.84 bits per heavy atom. The molecule has 2 aliphatic rings. The summed E-state index contributed by atoms with van der Waals surface area (Å²) in [7, 11) is 0. The molecule has 0 aromatic heterocycles. The van der Waals surface area contributed by atoms with Crippen molar-refractivity contribution in [3.8, 4) is 0 Å². The Morgan fingerprint density at radius 2 is 2.12 bits per heavy atom. The van der Waals surface area contributed by atoms with Crippen LogP contribution in [-0.4, -0.2) is 54.5 Å². The van der Waals surface area contributed by atoms with E-state index >= 15 is 0 Å². The van der Waals surface area contributed by atoms with Crippen molar-refractivity contribution in [3.05, 3.63) is 35.9 Å². The lowest BCUT2D eigenvalue weighted by Gasteiger charge is -2.39. The van der Waals surface area contributed by atoms with Gasteiger partial charge in [-0.3, -0.25) is 0 Å².